The van der Waals surface area contributed by atoms with Crippen molar-refractivity contribution in [3.05, 3.63) is 191 Å². The van der Waals surface area contributed by atoms with Crippen molar-refractivity contribution in [2.75, 3.05) is 0 Å². The third-order valence-corrected chi connectivity index (χ3v) is 11.9. The Morgan fingerprint density at radius 2 is 1.02 bits per heavy atom. The third kappa shape index (κ3) is 7.15. The highest BCUT2D eigenvalue weighted by Gasteiger charge is 2.21. The van der Waals surface area contributed by atoms with Crippen molar-refractivity contribution in [2.45, 2.75) is 54.4 Å². The SMILES string of the molecule is CC(C)c1ccccc1.Cc1ccccc1.Cc1ccccc1-c1c(C)c(-c2ccc3c(sc4ccc5ccccc5c43)c2C)c(C)c2ccccc12. The molecule has 1 heterocycles. The van der Waals surface area contributed by atoms with E-state index >= 15 is 0 Å². The summed E-state index contributed by atoms with van der Waals surface area (Å²) in [4.78, 5) is 0. The first-order chi connectivity index (χ1) is 25.7. The van der Waals surface area contributed by atoms with E-state index < -0.39 is 0 Å². The van der Waals surface area contributed by atoms with E-state index in [1.807, 2.05) is 35.6 Å². The van der Waals surface area contributed by atoms with Gasteiger partial charge in [-0.15, -0.1) is 11.3 Å². The lowest BCUT2D eigenvalue weighted by molar-refractivity contribution is 0.867. The van der Waals surface area contributed by atoms with Gasteiger partial charge in [0.25, 0.3) is 0 Å². The van der Waals surface area contributed by atoms with Gasteiger partial charge in [0.1, 0.15) is 0 Å². The second kappa shape index (κ2) is 15.6. The molecule has 8 aromatic carbocycles. The summed E-state index contributed by atoms with van der Waals surface area (Å²) in [6.45, 7) is 15.6. The molecule has 9 rings (SSSR count). The molecule has 53 heavy (non-hydrogen) atoms. The molecule has 0 radical (unpaired) electrons. The number of benzene rings is 8. The van der Waals surface area contributed by atoms with E-state index in [0.29, 0.717) is 5.92 Å². The fourth-order valence-corrected chi connectivity index (χ4v) is 8.98. The molecule has 0 spiro atoms. The van der Waals surface area contributed by atoms with Crippen molar-refractivity contribution in [2.24, 2.45) is 0 Å². The molecule has 0 bridgehead atoms. The van der Waals surface area contributed by atoms with Gasteiger partial charge in [-0.2, -0.15) is 0 Å². The van der Waals surface area contributed by atoms with Crippen LogP contribution in [0.3, 0.4) is 0 Å². The average Bonchev–Trinajstić information content (AvgIpc) is 3.58. The summed E-state index contributed by atoms with van der Waals surface area (Å²) in [5.41, 5.74) is 13.5. The zero-order chi connectivity index (χ0) is 37.1. The van der Waals surface area contributed by atoms with Gasteiger partial charge in [-0.25, -0.2) is 0 Å². The summed E-state index contributed by atoms with van der Waals surface area (Å²) in [5.74, 6) is 0.659. The molecule has 0 N–H and O–H groups in total. The van der Waals surface area contributed by atoms with Crippen molar-refractivity contribution in [3.8, 4) is 22.3 Å². The highest BCUT2D eigenvalue weighted by Crippen LogP contribution is 2.47. The first-order valence-corrected chi connectivity index (χ1v) is 19.5. The predicted octanol–water partition coefficient (Wildman–Crippen LogP) is 15.7. The summed E-state index contributed by atoms with van der Waals surface area (Å²) in [5, 5.41) is 8.08. The molecule has 0 fully saturated rings. The van der Waals surface area contributed by atoms with Gasteiger partial charge in [0, 0.05) is 20.2 Å². The summed E-state index contributed by atoms with van der Waals surface area (Å²) in [7, 11) is 0. The van der Waals surface area contributed by atoms with Crippen LogP contribution in [0.2, 0.25) is 0 Å². The second-order valence-electron chi connectivity index (χ2n) is 14.5. The van der Waals surface area contributed by atoms with Crippen LogP contribution in [-0.2, 0) is 0 Å². The first-order valence-electron chi connectivity index (χ1n) is 18.7. The molecule has 262 valence electrons. The zero-order valence-corrected chi connectivity index (χ0v) is 32.8. The van der Waals surface area contributed by atoms with E-state index in [2.05, 4.69) is 182 Å². The van der Waals surface area contributed by atoms with Gasteiger partial charge < -0.3 is 0 Å². The fourth-order valence-electron chi connectivity index (χ4n) is 7.76. The molecule has 0 aliphatic rings. The second-order valence-corrected chi connectivity index (χ2v) is 15.5. The van der Waals surface area contributed by atoms with E-state index in [-0.39, 0.29) is 0 Å². The van der Waals surface area contributed by atoms with Crippen LogP contribution in [0.5, 0.6) is 0 Å². The van der Waals surface area contributed by atoms with Crippen LogP contribution in [0.15, 0.2) is 158 Å². The van der Waals surface area contributed by atoms with Gasteiger partial charge in [-0.05, 0) is 118 Å². The van der Waals surface area contributed by atoms with E-state index in [1.54, 1.807) is 0 Å². The van der Waals surface area contributed by atoms with Gasteiger partial charge in [0.15, 0.2) is 0 Å². The van der Waals surface area contributed by atoms with Crippen molar-refractivity contribution in [1.82, 2.24) is 0 Å². The maximum atomic E-state index is 2.37. The average molecular weight is 705 g/mol. The number of aryl methyl sites for hydroxylation is 4. The predicted molar refractivity (Wildman–Crippen MR) is 236 cm³/mol. The van der Waals surface area contributed by atoms with Crippen LogP contribution in [0, 0.1) is 34.6 Å². The Morgan fingerprint density at radius 3 is 1.66 bits per heavy atom. The molecular formula is C52H48S. The lowest BCUT2D eigenvalue weighted by Crippen LogP contribution is -1.98. The molecule has 0 atom stereocenters. The van der Waals surface area contributed by atoms with Crippen LogP contribution in [-0.4, -0.2) is 0 Å². The smallest absolute Gasteiger partial charge is 0.0391 e. The maximum Gasteiger partial charge on any atom is 0.0391 e. The van der Waals surface area contributed by atoms with Crippen LogP contribution < -0.4 is 0 Å². The first kappa shape index (κ1) is 35.9. The molecule has 0 saturated heterocycles. The molecule has 0 saturated carbocycles. The van der Waals surface area contributed by atoms with Gasteiger partial charge in [0.2, 0.25) is 0 Å². The van der Waals surface area contributed by atoms with Crippen LogP contribution >= 0.6 is 11.3 Å². The minimum Gasteiger partial charge on any atom is -0.135 e. The number of fused-ring (bicyclic) bond motifs is 6. The Bertz CT molecular complexity index is 2680. The number of hydrogen-bond donors (Lipinski definition) is 0. The third-order valence-electron chi connectivity index (χ3n) is 10.6. The fraction of sp³-hybridized carbons (Fsp3) is 0.154. The molecule has 0 nitrogen and oxygen atoms in total. The summed E-state index contributed by atoms with van der Waals surface area (Å²) in [6, 6.07) is 56.5. The lowest BCUT2D eigenvalue weighted by Gasteiger charge is -2.22. The molecule has 0 aliphatic heterocycles. The normalized spacial score (nSPS) is 11.1. The van der Waals surface area contributed by atoms with E-state index in [0.717, 1.165) is 0 Å². The molecular weight excluding hydrogens is 657 g/mol. The quantitative estimate of drug-likeness (QED) is 0.172. The Labute approximate surface area is 319 Å². The minimum absolute atomic E-state index is 0.659. The Balaban J connectivity index is 0.000000225. The topological polar surface area (TPSA) is 0 Å². The molecule has 1 aromatic heterocycles. The summed E-state index contributed by atoms with van der Waals surface area (Å²) in [6.07, 6.45) is 0. The van der Waals surface area contributed by atoms with Gasteiger partial charge in [0.05, 0.1) is 0 Å². The monoisotopic (exact) mass is 704 g/mol. The summed E-state index contributed by atoms with van der Waals surface area (Å²) < 4.78 is 2.76. The lowest BCUT2D eigenvalue weighted by atomic mass is 9.82. The van der Waals surface area contributed by atoms with Crippen molar-refractivity contribution in [1.29, 1.82) is 0 Å². The van der Waals surface area contributed by atoms with E-state index in [4.69, 9.17) is 0 Å². The summed E-state index contributed by atoms with van der Waals surface area (Å²) >= 11 is 1.93. The Hall–Kier alpha value is -5.50. The van der Waals surface area contributed by atoms with Crippen LogP contribution in [0.25, 0.3) is 64.0 Å². The van der Waals surface area contributed by atoms with Crippen molar-refractivity contribution < 1.29 is 0 Å². The largest absolute Gasteiger partial charge is 0.135 e. The molecule has 1 heteroatoms. The van der Waals surface area contributed by atoms with E-state index in [9.17, 15) is 0 Å². The molecule has 0 amide bonds. The van der Waals surface area contributed by atoms with Gasteiger partial charge in [-0.1, -0.05) is 171 Å². The maximum absolute atomic E-state index is 2.37. The number of rotatable bonds is 3. The van der Waals surface area contributed by atoms with Crippen LogP contribution in [0.1, 0.15) is 53.1 Å². The zero-order valence-electron chi connectivity index (χ0n) is 32.0. The standard InChI is InChI=1S/C36H28S.C9H12.C7H8/c1-21-11-5-7-13-26(21)34-24(4)33(22(2)27-14-9-10-16-30(27)34)28-18-19-31-35-29-15-8-6-12-25(29)17-20-32(35)37-36(31)23(28)3;1-8(2)9-6-4-3-5-7-9;1-7-5-3-2-4-6-7/h5-20H,1-4H3;3-8H,1-2H3;2-6H,1H3. The van der Waals surface area contributed by atoms with Gasteiger partial charge >= 0.3 is 0 Å². The Morgan fingerprint density at radius 1 is 0.415 bits per heavy atom. The molecule has 9 aromatic rings. The van der Waals surface area contributed by atoms with Crippen molar-refractivity contribution >= 4 is 53.1 Å². The molecule has 0 unspecified atom stereocenters. The van der Waals surface area contributed by atoms with Crippen LogP contribution in [0.4, 0.5) is 0 Å². The minimum atomic E-state index is 0.659. The number of thiophene rings is 1. The highest BCUT2D eigenvalue weighted by atomic mass is 32.1. The number of hydrogen-bond acceptors (Lipinski definition) is 1. The van der Waals surface area contributed by atoms with Gasteiger partial charge in [-0.3, -0.25) is 0 Å². The van der Waals surface area contributed by atoms with E-state index in [1.165, 1.54) is 97.4 Å². The van der Waals surface area contributed by atoms with Crippen molar-refractivity contribution in [3.63, 3.8) is 0 Å². The Kier molecular flexibility index (Phi) is 10.6. The molecule has 0 aliphatic carbocycles. The highest BCUT2D eigenvalue weighted by molar-refractivity contribution is 7.26.